The predicted molar refractivity (Wildman–Crippen MR) is 42.1 cm³/mol. The van der Waals surface area contributed by atoms with Crippen LogP contribution < -0.4 is 5.32 Å². The van der Waals surface area contributed by atoms with Crippen molar-refractivity contribution in [1.29, 1.82) is 0 Å². The Bertz CT molecular complexity index is 87.3. The third-order valence-corrected chi connectivity index (χ3v) is 1.75. The molecule has 0 bridgehead atoms. The van der Waals surface area contributed by atoms with E-state index in [1.165, 1.54) is 6.42 Å². The standard InChI is InChI=1S/C8H17NO/c1-7(2)5-8-6-10-4-3-9-8/h7-9H,3-6H2,1-2H3/t8-/m0/s1. The van der Waals surface area contributed by atoms with Gasteiger partial charge in [-0.3, -0.25) is 0 Å². The molecular formula is C8H17NO. The van der Waals surface area contributed by atoms with Crippen LogP contribution in [0.3, 0.4) is 0 Å². The minimum Gasteiger partial charge on any atom is -0.379 e. The molecule has 0 aromatic rings. The molecule has 1 saturated heterocycles. The van der Waals surface area contributed by atoms with Crippen LogP contribution in [0.2, 0.25) is 0 Å². The van der Waals surface area contributed by atoms with E-state index in [0.717, 1.165) is 25.7 Å². The zero-order chi connectivity index (χ0) is 7.40. The van der Waals surface area contributed by atoms with Crippen molar-refractivity contribution in [2.24, 2.45) is 5.92 Å². The molecule has 2 heteroatoms. The zero-order valence-corrected chi connectivity index (χ0v) is 6.89. The van der Waals surface area contributed by atoms with Gasteiger partial charge < -0.3 is 10.1 Å². The molecule has 0 aromatic heterocycles. The van der Waals surface area contributed by atoms with E-state index in [9.17, 15) is 0 Å². The van der Waals surface area contributed by atoms with Gasteiger partial charge in [0.25, 0.3) is 0 Å². The lowest BCUT2D eigenvalue weighted by atomic mass is 10.0. The van der Waals surface area contributed by atoms with Gasteiger partial charge in [0.1, 0.15) is 0 Å². The summed E-state index contributed by atoms with van der Waals surface area (Å²) in [6.45, 7) is 7.30. The Balaban J connectivity index is 2.13. The van der Waals surface area contributed by atoms with Crippen LogP contribution in [0.1, 0.15) is 20.3 Å². The van der Waals surface area contributed by atoms with E-state index in [1.807, 2.05) is 0 Å². The molecule has 1 atom stereocenters. The number of hydrogen-bond acceptors (Lipinski definition) is 2. The van der Waals surface area contributed by atoms with Gasteiger partial charge >= 0.3 is 0 Å². The van der Waals surface area contributed by atoms with Crippen LogP contribution in [-0.4, -0.2) is 25.8 Å². The van der Waals surface area contributed by atoms with Gasteiger partial charge in [-0.05, 0) is 12.3 Å². The normalized spacial score (nSPS) is 27.3. The summed E-state index contributed by atoms with van der Waals surface area (Å²) in [4.78, 5) is 0. The van der Waals surface area contributed by atoms with Gasteiger partial charge in [0.15, 0.2) is 0 Å². The third-order valence-electron chi connectivity index (χ3n) is 1.75. The molecule has 1 rings (SSSR count). The highest BCUT2D eigenvalue weighted by Crippen LogP contribution is 2.06. The summed E-state index contributed by atoms with van der Waals surface area (Å²) in [5.74, 6) is 0.777. The summed E-state index contributed by atoms with van der Waals surface area (Å²) in [5, 5.41) is 3.43. The van der Waals surface area contributed by atoms with Crippen LogP contribution in [0.25, 0.3) is 0 Å². The van der Waals surface area contributed by atoms with Crippen LogP contribution in [0.4, 0.5) is 0 Å². The number of morpholine rings is 1. The average molecular weight is 143 g/mol. The lowest BCUT2D eigenvalue weighted by Gasteiger charge is -2.24. The van der Waals surface area contributed by atoms with Gasteiger partial charge in [-0.15, -0.1) is 0 Å². The average Bonchev–Trinajstić information content (AvgIpc) is 1.88. The first-order chi connectivity index (χ1) is 4.79. The fraction of sp³-hybridized carbons (Fsp3) is 1.00. The van der Waals surface area contributed by atoms with Gasteiger partial charge in [-0.25, -0.2) is 0 Å². The second-order valence-electron chi connectivity index (χ2n) is 3.36. The smallest absolute Gasteiger partial charge is 0.0620 e. The highest BCUT2D eigenvalue weighted by atomic mass is 16.5. The van der Waals surface area contributed by atoms with Crippen molar-refractivity contribution in [1.82, 2.24) is 5.32 Å². The first-order valence-corrected chi connectivity index (χ1v) is 4.10. The molecule has 0 saturated carbocycles. The monoisotopic (exact) mass is 143 g/mol. The maximum Gasteiger partial charge on any atom is 0.0620 e. The van der Waals surface area contributed by atoms with Gasteiger partial charge in [-0.1, -0.05) is 13.8 Å². The summed E-state index contributed by atoms with van der Waals surface area (Å²) < 4.78 is 5.32. The third kappa shape index (κ3) is 2.67. The molecule has 1 aliphatic rings. The van der Waals surface area contributed by atoms with E-state index in [-0.39, 0.29) is 0 Å². The topological polar surface area (TPSA) is 21.3 Å². The number of hydrogen-bond donors (Lipinski definition) is 1. The van der Waals surface area contributed by atoms with Crippen LogP contribution in [0, 0.1) is 5.92 Å². The molecule has 2 nitrogen and oxygen atoms in total. The summed E-state index contributed by atoms with van der Waals surface area (Å²) in [6.07, 6.45) is 1.24. The summed E-state index contributed by atoms with van der Waals surface area (Å²) in [7, 11) is 0. The maximum absolute atomic E-state index is 5.32. The lowest BCUT2D eigenvalue weighted by Crippen LogP contribution is -2.41. The van der Waals surface area contributed by atoms with Crippen LogP contribution in [0.5, 0.6) is 0 Å². The predicted octanol–water partition coefficient (Wildman–Crippen LogP) is 1.02. The SMILES string of the molecule is CC(C)C[C@H]1COCCN1. The zero-order valence-electron chi connectivity index (χ0n) is 6.89. The van der Waals surface area contributed by atoms with Crippen molar-refractivity contribution in [3.63, 3.8) is 0 Å². The van der Waals surface area contributed by atoms with E-state index < -0.39 is 0 Å². The molecular weight excluding hydrogens is 126 g/mol. The van der Waals surface area contributed by atoms with Crippen molar-refractivity contribution in [2.75, 3.05) is 19.8 Å². The van der Waals surface area contributed by atoms with Gasteiger partial charge in [0.05, 0.1) is 13.2 Å². The van der Waals surface area contributed by atoms with Crippen molar-refractivity contribution >= 4 is 0 Å². The molecule has 10 heavy (non-hydrogen) atoms. The highest BCUT2D eigenvalue weighted by molar-refractivity contribution is 4.70. The minimum atomic E-state index is 0.605. The van der Waals surface area contributed by atoms with Crippen molar-refractivity contribution in [3.05, 3.63) is 0 Å². The molecule has 0 radical (unpaired) electrons. The first kappa shape index (κ1) is 8.02. The Morgan fingerprint density at radius 3 is 2.90 bits per heavy atom. The van der Waals surface area contributed by atoms with Gasteiger partial charge in [0, 0.05) is 12.6 Å². The second kappa shape index (κ2) is 3.94. The number of ether oxygens (including phenoxy) is 1. The molecule has 0 amide bonds. The molecule has 1 fully saturated rings. The van der Waals surface area contributed by atoms with E-state index in [1.54, 1.807) is 0 Å². The summed E-state index contributed by atoms with van der Waals surface area (Å²) in [6, 6.07) is 0.605. The molecule has 0 unspecified atom stereocenters. The Labute approximate surface area is 63.0 Å². The largest absolute Gasteiger partial charge is 0.379 e. The van der Waals surface area contributed by atoms with Crippen LogP contribution >= 0.6 is 0 Å². The fourth-order valence-corrected chi connectivity index (χ4v) is 1.34. The highest BCUT2D eigenvalue weighted by Gasteiger charge is 2.13. The van der Waals surface area contributed by atoms with E-state index in [4.69, 9.17) is 4.74 Å². The lowest BCUT2D eigenvalue weighted by molar-refractivity contribution is 0.0702. The quantitative estimate of drug-likeness (QED) is 0.623. The van der Waals surface area contributed by atoms with E-state index in [0.29, 0.717) is 6.04 Å². The van der Waals surface area contributed by atoms with Gasteiger partial charge in [-0.2, -0.15) is 0 Å². The van der Waals surface area contributed by atoms with Crippen molar-refractivity contribution in [2.45, 2.75) is 26.3 Å². The Morgan fingerprint density at radius 1 is 1.60 bits per heavy atom. The van der Waals surface area contributed by atoms with Crippen molar-refractivity contribution in [3.8, 4) is 0 Å². The first-order valence-electron chi connectivity index (χ1n) is 4.10. The van der Waals surface area contributed by atoms with Crippen molar-refractivity contribution < 1.29 is 4.74 Å². The molecule has 0 spiro atoms. The Hall–Kier alpha value is -0.0800. The molecule has 1 aliphatic heterocycles. The minimum absolute atomic E-state index is 0.605. The molecule has 0 aromatic carbocycles. The maximum atomic E-state index is 5.32. The van der Waals surface area contributed by atoms with E-state index in [2.05, 4.69) is 19.2 Å². The molecule has 0 aliphatic carbocycles. The second-order valence-corrected chi connectivity index (χ2v) is 3.36. The Kier molecular flexibility index (Phi) is 3.16. The van der Waals surface area contributed by atoms with Crippen LogP contribution in [0.15, 0.2) is 0 Å². The molecule has 1 heterocycles. The Morgan fingerprint density at radius 2 is 2.40 bits per heavy atom. The van der Waals surface area contributed by atoms with E-state index >= 15 is 0 Å². The molecule has 60 valence electrons. The molecule has 1 N–H and O–H groups in total. The summed E-state index contributed by atoms with van der Waals surface area (Å²) in [5.41, 5.74) is 0. The summed E-state index contributed by atoms with van der Waals surface area (Å²) >= 11 is 0. The van der Waals surface area contributed by atoms with Gasteiger partial charge in [0.2, 0.25) is 0 Å². The number of rotatable bonds is 2. The number of nitrogens with one attached hydrogen (secondary N) is 1. The fourth-order valence-electron chi connectivity index (χ4n) is 1.34. The van der Waals surface area contributed by atoms with Crippen LogP contribution in [-0.2, 0) is 4.74 Å².